The largest absolute Gasteiger partial charge is 0.338 e. The van der Waals surface area contributed by atoms with Gasteiger partial charge in [0.1, 0.15) is 0 Å². The smallest absolute Gasteiger partial charge is 0.263 e. The maximum atomic E-state index is 12.7. The van der Waals surface area contributed by atoms with E-state index in [1.54, 1.807) is 11.3 Å². The molecule has 0 aliphatic carbocycles. The van der Waals surface area contributed by atoms with Crippen LogP contribution >= 0.6 is 22.9 Å². The van der Waals surface area contributed by atoms with E-state index >= 15 is 0 Å². The number of thiophene rings is 1. The topological polar surface area (TPSA) is 32.3 Å². The number of likely N-dealkylation sites (tertiary alicyclic amines) is 1. The third kappa shape index (κ3) is 3.94. The highest BCUT2D eigenvalue weighted by Gasteiger charge is 2.25. The third-order valence-corrected chi connectivity index (χ3v) is 5.62. The second kappa shape index (κ2) is 7.47. The highest BCUT2D eigenvalue weighted by Crippen LogP contribution is 2.30. The molecule has 1 saturated heterocycles. The average Bonchev–Trinajstić information content (AvgIpc) is 3.05. The number of carbonyl (C=O) groups is 1. The molecule has 1 atom stereocenters. The van der Waals surface area contributed by atoms with Crippen LogP contribution in [-0.2, 0) is 0 Å². The van der Waals surface area contributed by atoms with Gasteiger partial charge in [0.25, 0.3) is 5.91 Å². The summed E-state index contributed by atoms with van der Waals surface area (Å²) in [6, 6.07) is 11.7. The van der Waals surface area contributed by atoms with Gasteiger partial charge in [0.05, 0.1) is 4.88 Å². The van der Waals surface area contributed by atoms with Crippen molar-refractivity contribution in [2.24, 2.45) is 5.92 Å². The molecule has 0 saturated carbocycles. The molecule has 1 aliphatic rings. The van der Waals surface area contributed by atoms with Crippen molar-refractivity contribution in [2.75, 3.05) is 26.7 Å². The van der Waals surface area contributed by atoms with E-state index < -0.39 is 0 Å². The normalized spacial score (nSPS) is 18.2. The molecule has 1 N–H and O–H groups in total. The number of piperidine rings is 1. The molecule has 5 heteroatoms. The molecule has 0 bridgehead atoms. The lowest BCUT2D eigenvalue weighted by Crippen LogP contribution is -2.42. The summed E-state index contributed by atoms with van der Waals surface area (Å²) >= 11 is 7.49. The maximum absolute atomic E-state index is 12.7. The van der Waals surface area contributed by atoms with Crippen LogP contribution < -0.4 is 5.32 Å². The Morgan fingerprint density at radius 3 is 2.83 bits per heavy atom. The van der Waals surface area contributed by atoms with Crippen molar-refractivity contribution < 1.29 is 4.79 Å². The Kier molecular flexibility index (Phi) is 5.36. The van der Waals surface area contributed by atoms with E-state index in [-0.39, 0.29) is 5.91 Å². The van der Waals surface area contributed by atoms with E-state index in [0.717, 1.165) is 46.4 Å². The second-order valence-corrected chi connectivity index (χ2v) is 7.51. The van der Waals surface area contributed by atoms with Crippen molar-refractivity contribution in [2.45, 2.75) is 12.8 Å². The molecular weight excluding hydrogens is 328 g/mol. The quantitative estimate of drug-likeness (QED) is 0.900. The highest BCUT2D eigenvalue weighted by molar-refractivity contribution is 7.17. The van der Waals surface area contributed by atoms with Crippen LogP contribution in [-0.4, -0.2) is 37.5 Å². The molecule has 1 aliphatic heterocycles. The summed E-state index contributed by atoms with van der Waals surface area (Å²) in [6.45, 7) is 2.70. The monoisotopic (exact) mass is 348 g/mol. The Balaban J connectivity index is 1.72. The van der Waals surface area contributed by atoms with Gasteiger partial charge in [0, 0.05) is 23.0 Å². The standard InChI is InChI=1S/C18H21ClN2OS/c1-20-11-13-3-2-10-21(12-13)18(22)17-9-8-16(23-17)14-4-6-15(19)7-5-14/h4-9,13,20H,2-3,10-12H2,1H3. The van der Waals surface area contributed by atoms with Crippen molar-refractivity contribution in [3.63, 3.8) is 0 Å². The SMILES string of the molecule is CNCC1CCCN(C(=O)c2ccc(-c3ccc(Cl)cc3)s2)C1. The first-order valence-electron chi connectivity index (χ1n) is 7.97. The number of rotatable bonds is 4. The average molecular weight is 349 g/mol. The zero-order valence-electron chi connectivity index (χ0n) is 13.2. The Morgan fingerprint density at radius 1 is 1.30 bits per heavy atom. The van der Waals surface area contributed by atoms with Crippen molar-refractivity contribution >= 4 is 28.8 Å². The predicted octanol–water partition coefficient (Wildman–Crippen LogP) is 4.14. The Morgan fingerprint density at radius 2 is 2.09 bits per heavy atom. The zero-order valence-corrected chi connectivity index (χ0v) is 14.8. The highest BCUT2D eigenvalue weighted by atomic mass is 35.5. The van der Waals surface area contributed by atoms with Gasteiger partial charge in [-0.05, 0) is 62.2 Å². The van der Waals surface area contributed by atoms with Crippen LogP contribution in [0.1, 0.15) is 22.5 Å². The van der Waals surface area contributed by atoms with Crippen LogP contribution in [0.15, 0.2) is 36.4 Å². The molecule has 3 nitrogen and oxygen atoms in total. The minimum atomic E-state index is 0.163. The molecular formula is C18H21ClN2OS. The number of hydrogen-bond acceptors (Lipinski definition) is 3. The first kappa shape index (κ1) is 16.5. The first-order valence-corrected chi connectivity index (χ1v) is 9.16. The fraction of sp³-hybridized carbons (Fsp3) is 0.389. The molecule has 122 valence electrons. The number of hydrogen-bond donors (Lipinski definition) is 1. The van der Waals surface area contributed by atoms with Crippen molar-refractivity contribution in [1.29, 1.82) is 0 Å². The predicted molar refractivity (Wildman–Crippen MR) is 97.3 cm³/mol. The van der Waals surface area contributed by atoms with Gasteiger partial charge >= 0.3 is 0 Å². The number of halogens is 1. The molecule has 1 amide bonds. The van der Waals surface area contributed by atoms with Gasteiger partial charge in [-0.1, -0.05) is 23.7 Å². The van der Waals surface area contributed by atoms with Gasteiger partial charge in [-0.15, -0.1) is 11.3 Å². The Bertz CT molecular complexity index is 666. The summed E-state index contributed by atoms with van der Waals surface area (Å²) in [6.07, 6.45) is 2.29. The fourth-order valence-electron chi connectivity index (χ4n) is 3.08. The van der Waals surface area contributed by atoms with Crippen LogP contribution in [0.5, 0.6) is 0 Å². The lowest BCUT2D eigenvalue weighted by atomic mass is 9.98. The van der Waals surface area contributed by atoms with E-state index in [4.69, 9.17) is 11.6 Å². The zero-order chi connectivity index (χ0) is 16.2. The Labute approximate surface area is 146 Å². The van der Waals surface area contributed by atoms with Gasteiger partial charge in [-0.25, -0.2) is 0 Å². The number of carbonyl (C=O) groups excluding carboxylic acids is 1. The van der Waals surface area contributed by atoms with Crippen LogP contribution in [0.2, 0.25) is 5.02 Å². The summed E-state index contributed by atoms with van der Waals surface area (Å²) < 4.78 is 0. The molecule has 1 aromatic heterocycles. The van der Waals surface area contributed by atoms with Gasteiger partial charge in [0.2, 0.25) is 0 Å². The minimum absolute atomic E-state index is 0.163. The van der Waals surface area contributed by atoms with E-state index in [2.05, 4.69) is 5.32 Å². The Hall–Kier alpha value is -1.36. The number of benzene rings is 1. The molecule has 23 heavy (non-hydrogen) atoms. The molecule has 1 unspecified atom stereocenters. The van der Waals surface area contributed by atoms with Crippen LogP contribution in [0.25, 0.3) is 10.4 Å². The van der Waals surface area contributed by atoms with Gasteiger partial charge < -0.3 is 10.2 Å². The first-order chi connectivity index (χ1) is 11.2. The van der Waals surface area contributed by atoms with Gasteiger partial charge in [0.15, 0.2) is 0 Å². The molecule has 2 heterocycles. The van der Waals surface area contributed by atoms with Gasteiger partial charge in [-0.2, -0.15) is 0 Å². The molecule has 0 spiro atoms. The van der Waals surface area contributed by atoms with E-state index in [1.807, 2.05) is 48.3 Å². The third-order valence-electron chi connectivity index (χ3n) is 4.24. The molecule has 3 rings (SSSR count). The summed E-state index contributed by atoms with van der Waals surface area (Å²) in [5.74, 6) is 0.726. The fourth-order valence-corrected chi connectivity index (χ4v) is 4.19. The molecule has 1 fully saturated rings. The summed E-state index contributed by atoms with van der Waals surface area (Å²) in [7, 11) is 1.97. The lowest BCUT2D eigenvalue weighted by Gasteiger charge is -2.32. The number of amides is 1. The van der Waals surface area contributed by atoms with E-state index in [1.165, 1.54) is 6.42 Å². The van der Waals surface area contributed by atoms with Crippen molar-refractivity contribution in [3.8, 4) is 10.4 Å². The number of nitrogens with zero attached hydrogens (tertiary/aromatic N) is 1. The van der Waals surface area contributed by atoms with Crippen LogP contribution in [0.4, 0.5) is 0 Å². The maximum Gasteiger partial charge on any atom is 0.263 e. The number of nitrogens with one attached hydrogen (secondary N) is 1. The molecule has 0 radical (unpaired) electrons. The summed E-state index contributed by atoms with van der Waals surface area (Å²) in [5.41, 5.74) is 1.10. The second-order valence-electron chi connectivity index (χ2n) is 5.99. The van der Waals surface area contributed by atoms with Gasteiger partial charge in [-0.3, -0.25) is 4.79 Å². The van der Waals surface area contributed by atoms with Crippen LogP contribution in [0, 0.1) is 5.92 Å². The van der Waals surface area contributed by atoms with E-state index in [0.29, 0.717) is 5.92 Å². The van der Waals surface area contributed by atoms with E-state index in [9.17, 15) is 4.79 Å². The summed E-state index contributed by atoms with van der Waals surface area (Å²) in [4.78, 5) is 16.7. The summed E-state index contributed by atoms with van der Waals surface area (Å²) in [5, 5.41) is 3.95. The minimum Gasteiger partial charge on any atom is -0.338 e. The van der Waals surface area contributed by atoms with Crippen LogP contribution in [0.3, 0.4) is 0 Å². The molecule has 1 aromatic carbocycles. The van der Waals surface area contributed by atoms with Crippen molar-refractivity contribution in [3.05, 3.63) is 46.3 Å². The lowest BCUT2D eigenvalue weighted by molar-refractivity contribution is 0.0679. The van der Waals surface area contributed by atoms with Crippen molar-refractivity contribution in [1.82, 2.24) is 10.2 Å². The molecule has 2 aromatic rings.